The molecule has 2 rings (SSSR count). The van der Waals surface area contributed by atoms with Crippen molar-refractivity contribution in [2.24, 2.45) is 0 Å². The standard InChI is InChI=1S/C8H10BrN3OS/c9-6-4-10-8(14-6)12-7(13)11-5-2-1-3-5/h4-5H,1-3H2,(H2,10,11,12,13). The molecule has 4 nitrogen and oxygen atoms in total. The van der Waals surface area contributed by atoms with Crippen molar-refractivity contribution in [3.63, 3.8) is 0 Å². The van der Waals surface area contributed by atoms with Crippen LogP contribution in [0.25, 0.3) is 0 Å². The minimum Gasteiger partial charge on any atom is -0.335 e. The third-order valence-corrected chi connectivity index (χ3v) is 3.53. The van der Waals surface area contributed by atoms with Crippen LogP contribution in [0.2, 0.25) is 0 Å². The summed E-state index contributed by atoms with van der Waals surface area (Å²) in [7, 11) is 0. The zero-order chi connectivity index (χ0) is 9.97. The van der Waals surface area contributed by atoms with Crippen LogP contribution in [0.3, 0.4) is 0 Å². The predicted molar refractivity (Wildman–Crippen MR) is 59.6 cm³/mol. The van der Waals surface area contributed by atoms with E-state index < -0.39 is 0 Å². The molecule has 2 amide bonds. The van der Waals surface area contributed by atoms with Crippen molar-refractivity contribution in [2.75, 3.05) is 5.32 Å². The number of nitrogens with one attached hydrogen (secondary N) is 2. The number of hydrogen-bond donors (Lipinski definition) is 2. The summed E-state index contributed by atoms with van der Waals surface area (Å²) < 4.78 is 0.913. The number of carbonyl (C=O) groups excluding carboxylic acids is 1. The Balaban J connectivity index is 1.81. The van der Waals surface area contributed by atoms with Gasteiger partial charge in [-0.3, -0.25) is 5.32 Å². The highest BCUT2D eigenvalue weighted by Gasteiger charge is 2.19. The van der Waals surface area contributed by atoms with Crippen LogP contribution in [0.1, 0.15) is 19.3 Å². The first-order valence-corrected chi connectivity index (χ1v) is 6.04. The summed E-state index contributed by atoms with van der Waals surface area (Å²) in [5.41, 5.74) is 0. The van der Waals surface area contributed by atoms with Crippen LogP contribution in [-0.2, 0) is 0 Å². The molecule has 0 aliphatic heterocycles. The van der Waals surface area contributed by atoms with E-state index >= 15 is 0 Å². The van der Waals surface area contributed by atoms with Gasteiger partial charge in [-0.25, -0.2) is 9.78 Å². The van der Waals surface area contributed by atoms with Crippen LogP contribution in [0.4, 0.5) is 9.93 Å². The average molecular weight is 276 g/mol. The quantitative estimate of drug-likeness (QED) is 0.872. The van der Waals surface area contributed by atoms with E-state index in [0.29, 0.717) is 11.2 Å². The molecule has 1 aromatic heterocycles. The van der Waals surface area contributed by atoms with Gasteiger partial charge in [0, 0.05) is 6.04 Å². The Labute approximate surface area is 94.2 Å². The Kier molecular flexibility index (Phi) is 3.02. The van der Waals surface area contributed by atoms with Crippen molar-refractivity contribution in [1.82, 2.24) is 10.3 Å². The van der Waals surface area contributed by atoms with Gasteiger partial charge in [-0.1, -0.05) is 11.3 Å². The van der Waals surface area contributed by atoms with Gasteiger partial charge in [-0.05, 0) is 35.2 Å². The summed E-state index contributed by atoms with van der Waals surface area (Å²) in [5.74, 6) is 0. The molecule has 0 atom stereocenters. The summed E-state index contributed by atoms with van der Waals surface area (Å²) in [5, 5.41) is 6.18. The molecule has 1 heterocycles. The molecule has 1 aliphatic rings. The van der Waals surface area contributed by atoms with Crippen LogP contribution in [-0.4, -0.2) is 17.1 Å². The Hall–Kier alpha value is -0.620. The fourth-order valence-electron chi connectivity index (χ4n) is 1.18. The number of halogens is 1. The Morgan fingerprint density at radius 3 is 2.93 bits per heavy atom. The molecule has 0 saturated heterocycles. The molecule has 0 bridgehead atoms. The summed E-state index contributed by atoms with van der Waals surface area (Å²) in [6.07, 6.45) is 5.07. The van der Waals surface area contributed by atoms with Crippen molar-refractivity contribution in [3.05, 3.63) is 9.98 Å². The molecular formula is C8H10BrN3OS. The lowest BCUT2D eigenvalue weighted by atomic mass is 9.93. The highest BCUT2D eigenvalue weighted by molar-refractivity contribution is 9.11. The monoisotopic (exact) mass is 275 g/mol. The maximum Gasteiger partial charge on any atom is 0.321 e. The van der Waals surface area contributed by atoms with Crippen molar-refractivity contribution in [2.45, 2.75) is 25.3 Å². The first-order chi connectivity index (χ1) is 6.74. The lowest BCUT2D eigenvalue weighted by Crippen LogP contribution is -2.41. The number of carbonyl (C=O) groups is 1. The lowest BCUT2D eigenvalue weighted by molar-refractivity contribution is 0.240. The van der Waals surface area contributed by atoms with Gasteiger partial charge < -0.3 is 5.32 Å². The van der Waals surface area contributed by atoms with Gasteiger partial charge in [0.2, 0.25) is 0 Å². The summed E-state index contributed by atoms with van der Waals surface area (Å²) >= 11 is 4.68. The van der Waals surface area contributed by atoms with Gasteiger partial charge in [-0.2, -0.15) is 0 Å². The van der Waals surface area contributed by atoms with Gasteiger partial charge in [0.15, 0.2) is 5.13 Å². The predicted octanol–water partition coefficient (Wildman–Crippen LogP) is 2.58. The molecule has 1 aliphatic carbocycles. The van der Waals surface area contributed by atoms with Gasteiger partial charge in [0.05, 0.1) is 9.98 Å². The third kappa shape index (κ3) is 2.45. The number of hydrogen-bond acceptors (Lipinski definition) is 3. The van der Waals surface area contributed by atoms with Crippen molar-refractivity contribution >= 4 is 38.4 Å². The molecule has 76 valence electrons. The zero-order valence-corrected chi connectivity index (χ0v) is 9.82. The summed E-state index contributed by atoms with van der Waals surface area (Å²) in [4.78, 5) is 15.4. The molecular weight excluding hydrogens is 266 g/mol. The molecule has 6 heteroatoms. The summed E-state index contributed by atoms with van der Waals surface area (Å²) in [6, 6.07) is 0.204. The maximum absolute atomic E-state index is 11.4. The van der Waals surface area contributed by atoms with E-state index in [1.54, 1.807) is 6.20 Å². The minimum atomic E-state index is -0.156. The van der Waals surface area contributed by atoms with Crippen LogP contribution < -0.4 is 10.6 Å². The van der Waals surface area contributed by atoms with Crippen molar-refractivity contribution < 1.29 is 4.79 Å². The molecule has 1 saturated carbocycles. The van der Waals surface area contributed by atoms with E-state index in [1.165, 1.54) is 17.8 Å². The number of thiazole rings is 1. The fourth-order valence-corrected chi connectivity index (χ4v) is 2.29. The van der Waals surface area contributed by atoms with Crippen LogP contribution in [0.5, 0.6) is 0 Å². The number of nitrogens with zero attached hydrogens (tertiary/aromatic N) is 1. The van der Waals surface area contributed by atoms with E-state index in [9.17, 15) is 4.79 Å². The van der Waals surface area contributed by atoms with Gasteiger partial charge in [-0.15, -0.1) is 0 Å². The normalized spacial score (nSPS) is 16.1. The van der Waals surface area contributed by atoms with Gasteiger partial charge in [0.1, 0.15) is 0 Å². The Morgan fingerprint density at radius 2 is 2.43 bits per heavy atom. The number of urea groups is 1. The molecule has 0 unspecified atom stereocenters. The van der Waals surface area contributed by atoms with E-state index in [4.69, 9.17) is 0 Å². The SMILES string of the molecule is O=C(Nc1ncc(Br)s1)NC1CCC1. The van der Waals surface area contributed by atoms with Crippen LogP contribution in [0, 0.1) is 0 Å². The largest absolute Gasteiger partial charge is 0.335 e. The van der Waals surface area contributed by atoms with E-state index in [0.717, 1.165) is 16.6 Å². The number of amides is 2. The molecule has 1 fully saturated rings. The van der Waals surface area contributed by atoms with Gasteiger partial charge >= 0.3 is 6.03 Å². The lowest BCUT2D eigenvalue weighted by Gasteiger charge is -2.26. The molecule has 2 N–H and O–H groups in total. The zero-order valence-electron chi connectivity index (χ0n) is 7.42. The van der Waals surface area contributed by atoms with E-state index in [-0.39, 0.29) is 6.03 Å². The topological polar surface area (TPSA) is 54.0 Å². The number of rotatable bonds is 2. The molecule has 0 radical (unpaired) electrons. The highest BCUT2D eigenvalue weighted by atomic mass is 79.9. The second-order valence-electron chi connectivity index (χ2n) is 3.20. The van der Waals surface area contributed by atoms with Crippen LogP contribution in [0.15, 0.2) is 9.98 Å². The molecule has 14 heavy (non-hydrogen) atoms. The maximum atomic E-state index is 11.4. The van der Waals surface area contributed by atoms with Crippen molar-refractivity contribution in [3.8, 4) is 0 Å². The second kappa shape index (κ2) is 4.27. The highest BCUT2D eigenvalue weighted by Crippen LogP contribution is 2.23. The molecule has 1 aromatic rings. The third-order valence-electron chi connectivity index (χ3n) is 2.14. The Bertz CT molecular complexity index is 337. The molecule has 0 aromatic carbocycles. The van der Waals surface area contributed by atoms with E-state index in [2.05, 4.69) is 31.5 Å². The summed E-state index contributed by atoms with van der Waals surface area (Å²) in [6.45, 7) is 0. The smallest absolute Gasteiger partial charge is 0.321 e. The number of aromatic nitrogens is 1. The first-order valence-electron chi connectivity index (χ1n) is 4.43. The molecule has 0 spiro atoms. The van der Waals surface area contributed by atoms with Crippen molar-refractivity contribution in [1.29, 1.82) is 0 Å². The average Bonchev–Trinajstić information content (AvgIpc) is 2.44. The first kappa shape index (κ1) is 9.92. The fraction of sp³-hybridized carbons (Fsp3) is 0.500. The van der Waals surface area contributed by atoms with E-state index in [1.807, 2.05) is 0 Å². The second-order valence-corrected chi connectivity index (χ2v) is 5.61. The van der Waals surface area contributed by atoms with Crippen LogP contribution >= 0.6 is 27.3 Å². The Morgan fingerprint density at radius 1 is 1.64 bits per heavy atom. The number of anilines is 1. The van der Waals surface area contributed by atoms with Gasteiger partial charge in [0.25, 0.3) is 0 Å². The minimum absolute atomic E-state index is 0.156.